The van der Waals surface area contributed by atoms with E-state index in [-0.39, 0.29) is 0 Å². The Hall–Kier alpha value is -2.88. The van der Waals surface area contributed by atoms with Gasteiger partial charge in [-0.3, -0.25) is 14.2 Å². The summed E-state index contributed by atoms with van der Waals surface area (Å²) in [5.74, 6) is 0. The van der Waals surface area contributed by atoms with Gasteiger partial charge in [0.1, 0.15) is 0 Å². The Bertz CT molecular complexity index is 950. The predicted octanol–water partition coefficient (Wildman–Crippen LogP) is 2.66. The van der Waals surface area contributed by atoms with E-state index in [0.717, 1.165) is 22.4 Å². The van der Waals surface area contributed by atoms with Gasteiger partial charge in [0, 0.05) is 12.4 Å². The number of para-hydroxylation sites is 1. The second kappa shape index (κ2) is 6.08. The first-order valence-corrected chi connectivity index (χ1v) is 7.50. The van der Waals surface area contributed by atoms with Gasteiger partial charge in [0.25, 0.3) is 0 Å². The van der Waals surface area contributed by atoms with Gasteiger partial charge in [0.2, 0.25) is 0 Å². The Kier molecular flexibility index (Phi) is 3.98. The SMILES string of the molecule is Cc1ccc(Cn2ccn(-c3ccccc3C)c(=O)c2=O)cc1. The first-order chi connectivity index (χ1) is 11.1. The molecule has 3 rings (SSSR count). The molecule has 1 aromatic heterocycles. The van der Waals surface area contributed by atoms with E-state index in [0.29, 0.717) is 6.54 Å². The van der Waals surface area contributed by atoms with E-state index in [1.165, 1.54) is 9.13 Å². The molecule has 0 saturated heterocycles. The third kappa shape index (κ3) is 3.01. The highest BCUT2D eigenvalue weighted by Gasteiger charge is 2.08. The lowest BCUT2D eigenvalue weighted by Crippen LogP contribution is -2.40. The molecule has 4 heteroatoms. The Morgan fingerprint density at radius 3 is 2.22 bits per heavy atom. The lowest BCUT2D eigenvalue weighted by Gasteiger charge is -2.11. The number of hydrogen-bond acceptors (Lipinski definition) is 2. The van der Waals surface area contributed by atoms with Crippen molar-refractivity contribution in [2.75, 3.05) is 0 Å². The Balaban J connectivity index is 2.02. The number of rotatable bonds is 3. The highest BCUT2D eigenvalue weighted by Crippen LogP contribution is 2.10. The van der Waals surface area contributed by atoms with Crippen molar-refractivity contribution in [1.82, 2.24) is 9.13 Å². The van der Waals surface area contributed by atoms with Gasteiger partial charge in [-0.1, -0.05) is 48.0 Å². The normalized spacial score (nSPS) is 10.7. The Labute approximate surface area is 134 Å². The molecular weight excluding hydrogens is 288 g/mol. The second-order valence-corrected chi connectivity index (χ2v) is 5.68. The van der Waals surface area contributed by atoms with Crippen molar-refractivity contribution in [3.8, 4) is 5.69 Å². The molecule has 23 heavy (non-hydrogen) atoms. The van der Waals surface area contributed by atoms with Crippen LogP contribution in [0.5, 0.6) is 0 Å². The lowest BCUT2D eigenvalue weighted by molar-refractivity contribution is 0.717. The van der Waals surface area contributed by atoms with Crippen LogP contribution in [-0.4, -0.2) is 9.13 Å². The molecule has 0 aliphatic carbocycles. The Morgan fingerprint density at radius 1 is 0.826 bits per heavy atom. The number of aryl methyl sites for hydroxylation is 2. The molecule has 116 valence electrons. The van der Waals surface area contributed by atoms with Crippen LogP contribution in [0.1, 0.15) is 16.7 Å². The van der Waals surface area contributed by atoms with Crippen LogP contribution < -0.4 is 11.1 Å². The predicted molar refractivity (Wildman–Crippen MR) is 91.3 cm³/mol. The maximum atomic E-state index is 12.4. The zero-order chi connectivity index (χ0) is 16.4. The monoisotopic (exact) mass is 306 g/mol. The molecule has 0 amide bonds. The van der Waals surface area contributed by atoms with Gasteiger partial charge in [-0.25, -0.2) is 0 Å². The molecule has 0 bridgehead atoms. The average molecular weight is 306 g/mol. The third-order valence-corrected chi connectivity index (χ3v) is 3.91. The van der Waals surface area contributed by atoms with E-state index in [1.54, 1.807) is 12.4 Å². The topological polar surface area (TPSA) is 44.0 Å². The molecule has 3 aromatic rings. The summed E-state index contributed by atoms with van der Waals surface area (Å²) in [4.78, 5) is 24.8. The maximum Gasteiger partial charge on any atom is 0.320 e. The van der Waals surface area contributed by atoms with Crippen molar-refractivity contribution in [3.63, 3.8) is 0 Å². The summed E-state index contributed by atoms with van der Waals surface area (Å²) in [5.41, 5.74) is 2.79. The fourth-order valence-corrected chi connectivity index (χ4v) is 2.55. The first kappa shape index (κ1) is 15.0. The maximum absolute atomic E-state index is 12.4. The van der Waals surface area contributed by atoms with Crippen LogP contribution in [-0.2, 0) is 6.54 Å². The summed E-state index contributed by atoms with van der Waals surface area (Å²) >= 11 is 0. The molecule has 0 aliphatic heterocycles. The second-order valence-electron chi connectivity index (χ2n) is 5.68. The van der Waals surface area contributed by atoms with Crippen molar-refractivity contribution >= 4 is 0 Å². The highest BCUT2D eigenvalue weighted by molar-refractivity contribution is 5.39. The highest BCUT2D eigenvalue weighted by atomic mass is 16.2. The van der Waals surface area contributed by atoms with Crippen molar-refractivity contribution in [1.29, 1.82) is 0 Å². The molecule has 0 fully saturated rings. The summed E-state index contributed by atoms with van der Waals surface area (Å²) in [5, 5.41) is 0. The molecule has 0 aliphatic rings. The van der Waals surface area contributed by atoms with Gasteiger partial charge in [-0.2, -0.15) is 0 Å². The quantitative estimate of drug-likeness (QED) is 0.698. The number of hydrogen-bond donors (Lipinski definition) is 0. The molecular formula is C19H18N2O2. The minimum absolute atomic E-state index is 0.392. The van der Waals surface area contributed by atoms with Gasteiger partial charge in [-0.05, 0) is 31.0 Å². The minimum Gasteiger partial charge on any atom is -0.305 e. The molecule has 0 atom stereocenters. The van der Waals surface area contributed by atoms with Gasteiger partial charge < -0.3 is 4.57 Å². The van der Waals surface area contributed by atoms with Crippen molar-refractivity contribution in [2.45, 2.75) is 20.4 Å². The molecule has 0 N–H and O–H groups in total. The van der Waals surface area contributed by atoms with Crippen LogP contribution >= 0.6 is 0 Å². The van der Waals surface area contributed by atoms with Gasteiger partial charge in [0.05, 0.1) is 12.2 Å². The summed E-state index contributed by atoms with van der Waals surface area (Å²) < 4.78 is 2.85. The van der Waals surface area contributed by atoms with Crippen molar-refractivity contribution in [2.24, 2.45) is 0 Å². The van der Waals surface area contributed by atoms with Crippen molar-refractivity contribution in [3.05, 3.63) is 98.3 Å². The van der Waals surface area contributed by atoms with Gasteiger partial charge in [-0.15, -0.1) is 0 Å². The fourth-order valence-electron chi connectivity index (χ4n) is 2.55. The molecule has 1 heterocycles. The van der Waals surface area contributed by atoms with Crippen LogP contribution in [0.3, 0.4) is 0 Å². The van der Waals surface area contributed by atoms with E-state index in [1.807, 2.05) is 62.4 Å². The standard InChI is InChI=1S/C19H18N2O2/c1-14-7-9-16(10-8-14)13-20-11-12-21(19(23)18(20)22)17-6-4-3-5-15(17)2/h3-12H,13H2,1-2H3. The molecule has 0 saturated carbocycles. The number of aromatic nitrogens is 2. The summed E-state index contributed by atoms with van der Waals surface area (Å²) in [6, 6.07) is 15.4. The summed E-state index contributed by atoms with van der Waals surface area (Å²) in [6.45, 7) is 4.32. The smallest absolute Gasteiger partial charge is 0.305 e. The van der Waals surface area contributed by atoms with E-state index < -0.39 is 11.1 Å². The van der Waals surface area contributed by atoms with Crippen LogP contribution in [0, 0.1) is 13.8 Å². The van der Waals surface area contributed by atoms with E-state index >= 15 is 0 Å². The molecule has 4 nitrogen and oxygen atoms in total. The fraction of sp³-hybridized carbons (Fsp3) is 0.158. The van der Waals surface area contributed by atoms with Crippen LogP contribution in [0.15, 0.2) is 70.5 Å². The molecule has 0 unspecified atom stereocenters. The molecule has 0 spiro atoms. The number of benzene rings is 2. The third-order valence-electron chi connectivity index (χ3n) is 3.91. The average Bonchev–Trinajstić information content (AvgIpc) is 2.55. The van der Waals surface area contributed by atoms with Gasteiger partial charge in [0.15, 0.2) is 0 Å². The number of nitrogens with zero attached hydrogens (tertiary/aromatic N) is 2. The molecule has 2 aromatic carbocycles. The van der Waals surface area contributed by atoms with Gasteiger partial charge >= 0.3 is 11.1 Å². The van der Waals surface area contributed by atoms with E-state index in [2.05, 4.69) is 0 Å². The minimum atomic E-state index is -0.533. The van der Waals surface area contributed by atoms with Crippen LogP contribution in [0.25, 0.3) is 5.69 Å². The van der Waals surface area contributed by atoms with E-state index in [9.17, 15) is 9.59 Å². The zero-order valence-corrected chi connectivity index (χ0v) is 13.2. The van der Waals surface area contributed by atoms with Crippen LogP contribution in [0.2, 0.25) is 0 Å². The molecule has 0 radical (unpaired) electrons. The lowest BCUT2D eigenvalue weighted by atomic mass is 10.1. The van der Waals surface area contributed by atoms with Crippen molar-refractivity contribution < 1.29 is 0 Å². The summed E-state index contributed by atoms with van der Waals surface area (Å²) in [7, 11) is 0. The van der Waals surface area contributed by atoms with Crippen LogP contribution in [0.4, 0.5) is 0 Å². The largest absolute Gasteiger partial charge is 0.320 e. The Morgan fingerprint density at radius 2 is 1.52 bits per heavy atom. The first-order valence-electron chi connectivity index (χ1n) is 7.50. The van der Waals surface area contributed by atoms with E-state index in [4.69, 9.17) is 0 Å². The zero-order valence-electron chi connectivity index (χ0n) is 13.2. The summed E-state index contributed by atoms with van der Waals surface area (Å²) in [6.07, 6.45) is 3.32.